The molecule has 0 radical (unpaired) electrons. The number of aliphatic hydroxyl groups is 1. The van der Waals surface area contributed by atoms with Crippen LogP contribution in [-0.2, 0) is 0 Å². The van der Waals surface area contributed by atoms with Crippen molar-refractivity contribution in [2.45, 2.75) is 18.6 Å². The molecule has 0 spiro atoms. The zero-order valence-corrected chi connectivity index (χ0v) is 11.8. The maximum atomic E-state index is 10.6. The molecule has 0 aliphatic carbocycles. The summed E-state index contributed by atoms with van der Waals surface area (Å²) >= 11 is 6.17. The van der Waals surface area contributed by atoms with E-state index in [1.165, 1.54) is 0 Å². The standard InChI is InChI=1S/C14H21ClN2O/c1-16-8-5-9-17(2)13(10-16)14(18)11-6-3-4-7-12(11)15/h3-4,6-7,13-14,18H,5,8-10H2,1-2H3. The summed E-state index contributed by atoms with van der Waals surface area (Å²) in [7, 11) is 4.18. The number of halogens is 1. The fourth-order valence-electron chi connectivity index (χ4n) is 2.57. The number of benzene rings is 1. The molecule has 18 heavy (non-hydrogen) atoms. The molecular weight excluding hydrogens is 248 g/mol. The predicted molar refractivity (Wildman–Crippen MR) is 74.9 cm³/mol. The number of hydrogen-bond acceptors (Lipinski definition) is 3. The SMILES string of the molecule is CN1CCCN(C)C(C(O)c2ccccc2Cl)C1. The molecule has 1 saturated heterocycles. The van der Waals surface area contributed by atoms with Crippen molar-refractivity contribution >= 4 is 11.6 Å². The van der Waals surface area contributed by atoms with E-state index in [1.807, 2.05) is 24.3 Å². The van der Waals surface area contributed by atoms with Crippen molar-refractivity contribution in [2.24, 2.45) is 0 Å². The van der Waals surface area contributed by atoms with Crippen molar-refractivity contribution in [2.75, 3.05) is 33.7 Å². The van der Waals surface area contributed by atoms with E-state index in [4.69, 9.17) is 11.6 Å². The molecule has 3 nitrogen and oxygen atoms in total. The second-order valence-corrected chi connectivity index (χ2v) is 5.54. The van der Waals surface area contributed by atoms with Crippen LogP contribution in [0.15, 0.2) is 24.3 Å². The highest BCUT2D eigenvalue weighted by Crippen LogP contribution is 2.28. The lowest BCUT2D eigenvalue weighted by Crippen LogP contribution is -2.42. The van der Waals surface area contributed by atoms with E-state index in [0.717, 1.165) is 31.6 Å². The van der Waals surface area contributed by atoms with E-state index >= 15 is 0 Å². The summed E-state index contributed by atoms with van der Waals surface area (Å²) in [4.78, 5) is 4.51. The van der Waals surface area contributed by atoms with Crippen LogP contribution < -0.4 is 0 Å². The lowest BCUT2D eigenvalue weighted by Gasteiger charge is -2.32. The summed E-state index contributed by atoms with van der Waals surface area (Å²) in [5, 5.41) is 11.2. The Morgan fingerprint density at radius 2 is 2.00 bits per heavy atom. The molecule has 1 aliphatic heterocycles. The smallest absolute Gasteiger partial charge is 0.0971 e. The lowest BCUT2D eigenvalue weighted by molar-refractivity contribution is 0.0573. The molecule has 2 unspecified atom stereocenters. The van der Waals surface area contributed by atoms with Crippen LogP contribution >= 0.6 is 11.6 Å². The van der Waals surface area contributed by atoms with Gasteiger partial charge in [-0.05, 0) is 39.7 Å². The highest BCUT2D eigenvalue weighted by molar-refractivity contribution is 6.31. The van der Waals surface area contributed by atoms with Gasteiger partial charge in [0.2, 0.25) is 0 Å². The first-order chi connectivity index (χ1) is 8.59. The second-order valence-electron chi connectivity index (χ2n) is 5.13. The van der Waals surface area contributed by atoms with Crippen LogP contribution in [0.3, 0.4) is 0 Å². The number of nitrogens with zero attached hydrogens (tertiary/aromatic N) is 2. The number of hydrogen-bond donors (Lipinski definition) is 1. The van der Waals surface area contributed by atoms with Crippen molar-refractivity contribution in [3.63, 3.8) is 0 Å². The summed E-state index contributed by atoms with van der Waals surface area (Å²) < 4.78 is 0. The minimum absolute atomic E-state index is 0.0948. The Balaban J connectivity index is 2.20. The van der Waals surface area contributed by atoms with E-state index in [9.17, 15) is 5.11 Å². The maximum absolute atomic E-state index is 10.6. The van der Waals surface area contributed by atoms with Gasteiger partial charge >= 0.3 is 0 Å². The lowest BCUT2D eigenvalue weighted by atomic mass is 10.0. The van der Waals surface area contributed by atoms with Gasteiger partial charge in [0.25, 0.3) is 0 Å². The van der Waals surface area contributed by atoms with Gasteiger partial charge < -0.3 is 10.0 Å². The van der Waals surface area contributed by atoms with Crippen LogP contribution in [0.1, 0.15) is 18.1 Å². The highest BCUT2D eigenvalue weighted by Gasteiger charge is 2.29. The van der Waals surface area contributed by atoms with Gasteiger partial charge in [0.15, 0.2) is 0 Å². The van der Waals surface area contributed by atoms with Crippen LogP contribution in [0, 0.1) is 0 Å². The summed E-state index contributed by atoms with van der Waals surface area (Å²) in [6.07, 6.45) is 0.600. The van der Waals surface area contributed by atoms with Gasteiger partial charge in [-0.25, -0.2) is 0 Å². The Labute approximate surface area is 114 Å². The maximum Gasteiger partial charge on any atom is 0.0971 e. The zero-order valence-electron chi connectivity index (χ0n) is 11.0. The average molecular weight is 269 g/mol. The molecule has 1 aromatic carbocycles. The Hall–Kier alpha value is -0.610. The van der Waals surface area contributed by atoms with E-state index in [2.05, 4.69) is 23.9 Å². The van der Waals surface area contributed by atoms with E-state index in [0.29, 0.717) is 5.02 Å². The third-order valence-electron chi connectivity index (χ3n) is 3.70. The molecule has 1 fully saturated rings. The molecule has 100 valence electrons. The fourth-order valence-corrected chi connectivity index (χ4v) is 2.82. The first-order valence-corrected chi connectivity index (χ1v) is 6.78. The zero-order chi connectivity index (χ0) is 13.1. The number of likely N-dealkylation sites (N-methyl/N-ethyl adjacent to an activating group) is 2. The molecule has 1 N–H and O–H groups in total. The Kier molecular flexibility index (Phi) is 4.62. The largest absolute Gasteiger partial charge is 0.387 e. The van der Waals surface area contributed by atoms with Crippen molar-refractivity contribution in [3.05, 3.63) is 34.9 Å². The minimum Gasteiger partial charge on any atom is -0.387 e. The van der Waals surface area contributed by atoms with Crippen molar-refractivity contribution in [1.29, 1.82) is 0 Å². The first kappa shape index (κ1) is 13.8. The molecule has 1 heterocycles. The molecule has 2 rings (SSSR count). The molecule has 4 heteroatoms. The molecule has 0 amide bonds. The summed E-state index contributed by atoms with van der Waals surface area (Å²) in [5.74, 6) is 0. The van der Waals surface area contributed by atoms with Gasteiger partial charge in [-0.1, -0.05) is 29.8 Å². The summed E-state index contributed by atoms with van der Waals surface area (Å²) in [6.45, 7) is 2.95. The van der Waals surface area contributed by atoms with Gasteiger partial charge in [0.1, 0.15) is 0 Å². The normalized spacial score (nSPS) is 24.8. The Bertz CT molecular complexity index is 399. The third kappa shape index (κ3) is 3.04. The van der Waals surface area contributed by atoms with Crippen molar-refractivity contribution in [1.82, 2.24) is 9.80 Å². The minimum atomic E-state index is -0.538. The van der Waals surface area contributed by atoms with E-state index in [-0.39, 0.29) is 6.04 Å². The van der Waals surface area contributed by atoms with Gasteiger partial charge in [-0.15, -0.1) is 0 Å². The molecule has 1 aliphatic rings. The number of aliphatic hydroxyl groups excluding tert-OH is 1. The van der Waals surface area contributed by atoms with Crippen LogP contribution in [0.2, 0.25) is 5.02 Å². The van der Waals surface area contributed by atoms with Crippen LogP contribution in [0.25, 0.3) is 0 Å². The quantitative estimate of drug-likeness (QED) is 0.889. The number of rotatable bonds is 2. The summed E-state index contributed by atoms with van der Waals surface area (Å²) in [6, 6.07) is 7.65. The topological polar surface area (TPSA) is 26.7 Å². The first-order valence-electron chi connectivity index (χ1n) is 6.41. The molecule has 1 aromatic rings. The Morgan fingerprint density at radius 1 is 1.28 bits per heavy atom. The third-order valence-corrected chi connectivity index (χ3v) is 4.05. The van der Waals surface area contributed by atoms with Gasteiger partial charge in [-0.3, -0.25) is 4.90 Å². The summed E-state index contributed by atoms with van der Waals surface area (Å²) in [5.41, 5.74) is 0.825. The van der Waals surface area contributed by atoms with Crippen LogP contribution in [0.4, 0.5) is 0 Å². The van der Waals surface area contributed by atoms with E-state index < -0.39 is 6.10 Å². The van der Waals surface area contributed by atoms with Gasteiger partial charge in [-0.2, -0.15) is 0 Å². The highest BCUT2D eigenvalue weighted by atomic mass is 35.5. The van der Waals surface area contributed by atoms with Crippen molar-refractivity contribution in [3.8, 4) is 0 Å². The average Bonchev–Trinajstić information content (AvgIpc) is 2.51. The monoisotopic (exact) mass is 268 g/mol. The Morgan fingerprint density at radius 3 is 2.72 bits per heavy atom. The van der Waals surface area contributed by atoms with Crippen molar-refractivity contribution < 1.29 is 5.11 Å². The molecule has 0 bridgehead atoms. The predicted octanol–water partition coefficient (Wildman–Crippen LogP) is 2.01. The molecular formula is C14H21ClN2O. The van der Waals surface area contributed by atoms with Gasteiger partial charge in [0, 0.05) is 17.1 Å². The van der Waals surface area contributed by atoms with Gasteiger partial charge in [0.05, 0.1) is 12.1 Å². The van der Waals surface area contributed by atoms with Crippen LogP contribution in [0.5, 0.6) is 0 Å². The van der Waals surface area contributed by atoms with Crippen LogP contribution in [-0.4, -0.2) is 54.7 Å². The molecule has 2 atom stereocenters. The fraction of sp³-hybridized carbons (Fsp3) is 0.571. The van der Waals surface area contributed by atoms with E-state index in [1.54, 1.807) is 0 Å². The molecule has 0 saturated carbocycles. The second kappa shape index (κ2) is 6.02. The molecule has 0 aromatic heterocycles.